The van der Waals surface area contributed by atoms with Crippen LogP contribution in [-0.2, 0) is 29.6 Å². The summed E-state index contributed by atoms with van der Waals surface area (Å²) in [6.07, 6.45) is 6.58. The molecule has 2 aliphatic heterocycles. The number of nitrogens with zero attached hydrogens (tertiary/aromatic N) is 2. The molecule has 2 heterocycles. The molecule has 6 rings (SSSR count). The maximum Gasteiger partial charge on any atom is 0.221 e. The van der Waals surface area contributed by atoms with Crippen LogP contribution in [0.5, 0.6) is 17.2 Å². The van der Waals surface area contributed by atoms with Crippen molar-refractivity contribution in [3.05, 3.63) is 89.0 Å². The van der Waals surface area contributed by atoms with E-state index in [1.54, 1.807) is 20.3 Å². The number of phenolic OH excluding ortho intramolecular Hbond substituents is 1. The normalized spacial score (nSPS) is 24.9. The Hall–Kier alpha value is -3.55. The van der Waals surface area contributed by atoms with Gasteiger partial charge in [-0.05, 0) is 97.5 Å². The number of hydrogen-bond acceptors (Lipinski definition) is 6. The zero-order chi connectivity index (χ0) is 31.4. The molecule has 1 saturated heterocycles. The van der Waals surface area contributed by atoms with Gasteiger partial charge in [0.05, 0.1) is 14.2 Å². The van der Waals surface area contributed by atoms with E-state index in [1.165, 1.54) is 22.3 Å². The van der Waals surface area contributed by atoms with Crippen molar-refractivity contribution in [2.75, 3.05) is 40.4 Å². The second kappa shape index (κ2) is 13.8. The van der Waals surface area contributed by atoms with Gasteiger partial charge < -0.3 is 19.9 Å². The van der Waals surface area contributed by atoms with Crippen molar-refractivity contribution in [2.24, 2.45) is 5.92 Å². The summed E-state index contributed by atoms with van der Waals surface area (Å²) in [5.41, 5.74) is 5.07. The minimum absolute atomic E-state index is 0.0633. The number of fused-ring (bicyclic) bond motifs is 3. The zero-order valence-corrected chi connectivity index (χ0v) is 27.1. The van der Waals surface area contributed by atoms with Crippen LogP contribution in [0.2, 0.25) is 0 Å². The highest BCUT2D eigenvalue weighted by atomic mass is 16.5. The van der Waals surface area contributed by atoms with Crippen LogP contribution in [0.4, 0.5) is 0 Å². The van der Waals surface area contributed by atoms with Crippen LogP contribution >= 0.6 is 0 Å². The Balaban J connectivity index is 1.10. The van der Waals surface area contributed by atoms with Crippen molar-refractivity contribution in [2.45, 2.75) is 75.9 Å². The highest BCUT2D eigenvalue weighted by Crippen LogP contribution is 2.50. The Morgan fingerprint density at radius 2 is 1.76 bits per heavy atom. The lowest BCUT2D eigenvalue weighted by molar-refractivity contribution is -0.123. The molecular weight excluding hydrogens is 562 g/mol. The van der Waals surface area contributed by atoms with Crippen molar-refractivity contribution in [1.82, 2.24) is 15.1 Å². The Bertz CT molecular complexity index is 1460. The number of nitrogens with one attached hydrogen (secondary N) is 1. The van der Waals surface area contributed by atoms with E-state index in [4.69, 9.17) is 9.47 Å². The summed E-state index contributed by atoms with van der Waals surface area (Å²) in [6.45, 7) is 6.95. The fraction of sp³-hybridized carbons (Fsp3) is 0.500. The van der Waals surface area contributed by atoms with E-state index in [-0.39, 0.29) is 17.4 Å². The lowest BCUT2D eigenvalue weighted by Crippen LogP contribution is -2.61. The Morgan fingerprint density at radius 3 is 2.51 bits per heavy atom. The number of benzene rings is 3. The maximum absolute atomic E-state index is 13.5. The number of hydrogen-bond donors (Lipinski definition) is 2. The molecule has 1 aliphatic carbocycles. The van der Waals surface area contributed by atoms with Gasteiger partial charge in [-0.15, -0.1) is 0 Å². The molecule has 3 aliphatic rings. The number of carbonyl (C=O) groups excluding carboxylic acids is 1. The molecule has 2 fully saturated rings. The summed E-state index contributed by atoms with van der Waals surface area (Å²) in [5.74, 6) is 2.39. The highest BCUT2D eigenvalue weighted by molar-refractivity contribution is 5.76. The summed E-state index contributed by atoms with van der Waals surface area (Å²) in [5, 5.41) is 13.9. The third kappa shape index (κ3) is 7.00. The number of piperidine rings is 1. The first-order valence-electron chi connectivity index (χ1n) is 16.7. The van der Waals surface area contributed by atoms with Crippen molar-refractivity contribution < 1.29 is 19.4 Å². The molecule has 0 spiro atoms. The number of likely N-dealkylation sites (tertiary alicyclic amines) is 1. The molecule has 45 heavy (non-hydrogen) atoms. The monoisotopic (exact) mass is 611 g/mol. The molecule has 240 valence electrons. The van der Waals surface area contributed by atoms with Gasteiger partial charge in [0.25, 0.3) is 0 Å². The van der Waals surface area contributed by atoms with E-state index in [0.29, 0.717) is 24.1 Å². The zero-order valence-electron chi connectivity index (χ0n) is 27.1. The van der Waals surface area contributed by atoms with Crippen LogP contribution in [0, 0.1) is 5.92 Å². The van der Waals surface area contributed by atoms with E-state index in [1.807, 2.05) is 12.1 Å². The Labute approximate surface area is 268 Å². The Morgan fingerprint density at radius 1 is 0.978 bits per heavy atom. The molecular formula is C38H49N3O4. The third-order valence-corrected chi connectivity index (χ3v) is 10.7. The first-order valence-corrected chi connectivity index (χ1v) is 16.7. The molecule has 7 nitrogen and oxygen atoms in total. The minimum atomic E-state index is -0.0633. The molecule has 0 aromatic heterocycles. The van der Waals surface area contributed by atoms with E-state index in [9.17, 15) is 9.90 Å². The van der Waals surface area contributed by atoms with E-state index >= 15 is 0 Å². The third-order valence-electron chi connectivity index (χ3n) is 10.7. The predicted molar refractivity (Wildman–Crippen MR) is 178 cm³/mol. The van der Waals surface area contributed by atoms with E-state index < -0.39 is 0 Å². The van der Waals surface area contributed by atoms with Gasteiger partial charge >= 0.3 is 0 Å². The summed E-state index contributed by atoms with van der Waals surface area (Å²) in [6, 6.07) is 23.3. The van der Waals surface area contributed by atoms with Crippen LogP contribution in [0.3, 0.4) is 0 Å². The standard InChI is InChI=1S/C38H49N3O4/c1-27-25-41(16-8-11-28-9-5-4-6-10-28)33-22-32(23-38(27,24-33)31-12-7-13-34(42)21-31)39-37(43)15-18-40-17-14-29-19-35(44-2)36(45-3)20-30(29)26-40/h4-7,9-10,12-13,19-21,27,32-33,42H,8,11,14-18,22-26H2,1-3H3,(H,39,43)/t27?,32-,33?,38?/m0/s1. The van der Waals surface area contributed by atoms with Gasteiger partial charge in [0.15, 0.2) is 11.5 Å². The first-order chi connectivity index (χ1) is 21.9. The number of carbonyl (C=O) groups is 1. The average Bonchev–Trinajstić information content (AvgIpc) is 3.05. The molecule has 3 aromatic carbocycles. The Kier molecular flexibility index (Phi) is 9.67. The largest absolute Gasteiger partial charge is 0.508 e. The molecule has 3 aromatic rings. The number of phenols is 1. The average molecular weight is 612 g/mol. The van der Waals surface area contributed by atoms with Gasteiger partial charge in [0.1, 0.15) is 5.75 Å². The minimum Gasteiger partial charge on any atom is -0.508 e. The lowest BCUT2D eigenvalue weighted by Gasteiger charge is -2.56. The summed E-state index contributed by atoms with van der Waals surface area (Å²) < 4.78 is 11.0. The SMILES string of the molecule is COc1cc2c(cc1OC)CN(CCC(=O)N[C@H]1CC3CC(c4cccc(O)c4)(C1)C(C)CN3CCCc1ccccc1)CC2. The summed E-state index contributed by atoms with van der Waals surface area (Å²) in [7, 11) is 3.34. The fourth-order valence-corrected chi connectivity index (χ4v) is 8.34. The number of ether oxygens (including phenoxy) is 2. The van der Waals surface area contributed by atoms with Gasteiger partial charge in [-0.25, -0.2) is 0 Å². The van der Waals surface area contributed by atoms with Gasteiger partial charge in [-0.2, -0.15) is 0 Å². The second-order valence-corrected chi connectivity index (χ2v) is 13.5. The number of rotatable bonds is 11. The van der Waals surface area contributed by atoms with Gasteiger partial charge in [-0.3, -0.25) is 14.6 Å². The fourth-order valence-electron chi connectivity index (χ4n) is 8.34. The molecule has 2 N–H and O–H groups in total. The second-order valence-electron chi connectivity index (χ2n) is 13.5. The molecule has 1 amide bonds. The number of methoxy groups -OCH3 is 2. The first kappa shape index (κ1) is 31.4. The summed E-state index contributed by atoms with van der Waals surface area (Å²) >= 11 is 0. The van der Waals surface area contributed by atoms with E-state index in [0.717, 1.165) is 82.7 Å². The quantitative estimate of drug-likeness (QED) is 0.289. The molecule has 2 bridgehead atoms. The van der Waals surface area contributed by atoms with Crippen LogP contribution in [-0.4, -0.2) is 73.3 Å². The highest BCUT2D eigenvalue weighted by Gasteiger charge is 2.51. The number of aryl methyl sites for hydroxylation is 1. The van der Waals surface area contributed by atoms with Crippen LogP contribution in [0.25, 0.3) is 0 Å². The van der Waals surface area contributed by atoms with Crippen LogP contribution in [0.15, 0.2) is 66.7 Å². The van der Waals surface area contributed by atoms with Gasteiger partial charge in [0.2, 0.25) is 5.91 Å². The molecule has 1 saturated carbocycles. The van der Waals surface area contributed by atoms with Crippen LogP contribution < -0.4 is 14.8 Å². The van der Waals surface area contributed by atoms with Crippen molar-refractivity contribution in [3.63, 3.8) is 0 Å². The van der Waals surface area contributed by atoms with Gasteiger partial charge in [-0.1, -0.05) is 49.4 Å². The maximum atomic E-state index is 13.5. The van der Waals surface area contributed by atoms with Crippen molar-refractivity contribution >= 4 is 5.91 Å². The molecule has 0 radical (unpaired) electrons. The summed E-state index contributed by atoms with van der Waals surface area (Å²) in [4.78, 5) is 18.5. The van der Waals surface area contributed by atoms with E-state index in [2.05, 4.69) is 70.6 Å². The van der Waals surface area contributed by atoms with Crippen molar-refractivity contribution in [3.8, 4) is 17.2 Å². The smallest absolute Gasteiger partial charge is 0.221 e. The molecule has 4 atom stereocenters. The van der Waals surface area contributed by atoms with Crippen molar-refractivity contribution in [1.29, 1.82) is 0 Å². The predicted octanol–water partition coefficient (Wildman–Crippen LogP) is 5.72. The van der Waals surface area contributed by atoms with Gasteiger partial charge in [0, 0.05) is 50.1 Å². The number of amides is 1. The topological polar surface area (TPSA) is 74.3 Å². The number of aromatic hydroxyl groups is 1. The lowest BCUT2D eigenvalue weighted by atomic mass is 9.57. The van der Waals surface area contributed by atoms with Crippen LogP contribution in [0.1, 0.15) is 61.3 Å². The molecule has 3 unspecified atom stereocenters. The molecule has 7 heteroatoms.